The molecule has 2 nitrogen and oxygen atoms in total. The van der Waals surface area contributed by atoms with Gasteiger partial charge in [-0.2, -0.15) is 11.3 Å². The highest BCUT2D eigenvalue weighted by Crippen LogP contribution is 2.21. The van der Waals surface area contributed by atoms with E-state index in [-0.39, 0.29) is 5.41 Å². The molecule has 0 aliphatic heterocycles. The van der Waals surface area contributed by atoms with Crippen molar-refractivity contribution in [2.45, 2.75) is 32.6 Å². The molecule has 0 saturated heterocycles. The summed E-state index contributed by atoms with van der Waals surface area (Å²) in [5.41, 5.74) is 2.83. The Morgan fingerprint density at radius 3 is 2.61 bits per heavy atom. The molecule has 0 fully saturated rings. The lowest BCUT2D eigenvalue weighted by Gasteiger charge is -2.18. The minimum Gasteiger partial charge on any atom is -0.370 e. The van der Waals surface area contributed by atoms with Gasteiger partial charge in [0.05, 0.1) is 0 Å². The summed E-state index contributed by atoms with van der Waals surface area (Å²) in [7, 11) is 0. The molecule has 0 aliphatic carbocycles. The number of anilines is 1. The van der Waals surface area contributed by atoms with Crippen LogP contribution in [0, 0.1) is 0 Å². The zero-order valence-corrected chi connectivity index (χ0v) is 12.1. The maximum atomic E-state index is 4.46. The molecule has 2 aromatic heterocycles. The molecule has 0 aliphatic rings. The van der Waals surface area contributed by atoms with E-state index in [1.54, 1.807) is 11.3 Å². The Kier molecular flexibility index (Phi) is 4.02. The van der Waals surface area contributed by atoms with Crippen molar-refractivity contribution in [3.8, 4) is 0 Å². The fourth-order valence-corrected chi connectivity index (χ4v) is 2.42. The molecule has 0 saturated carbocycles. The number of thiophene rings is 1. The van der Waals surface area contributed by atoms with Crippen LogP contribution in [0.4, 0.5) is 5.82 Å². The summed E-state index contributed by atoms with van der Waals surface area (Å²) in [6.07, 6.45) is 3.01. The van der Waals surface area contributed by atoms with Crippen LogP contribution in [0.15, 0.2) is 35.2 Å². The minimum absolute atomic E-state index is 0.169. The van der Waals surface area contributed by atoms with Gasteiger partial charge in [-0.1, -0.05) is 26.8 Å². The Hall–Kier alpha value is -1.35. The Morgan fingerprint density at radius 1 is 1.22 bits per heavy atom. The van der Waals surface area contributed by atoms with Crippen molar-refractivity contribution in [3.63, 3.8) is 0 Å². The Morgan fingerprint density at radius 2 is 2.06 bits per heavy atom. The highest BCUT2D eigenvalue weighted by Gasteiger charge is 2.13. The molecule has 3 heteroatoms. The average molecular weight is 260 g/mol. The van der Waals surface area contributed by atoms with Gasteiger partial charge in [-0.3, -0.25) is 0 Å². The second-order valence-corrected chi connectivity index (χ2v) is 6.27. The Balaban J connectivity index is 1.87. The van der Waals surface area contributed by atoms with Gasteiger partial charge < -0.3 is 5.32 Å². The lowest BCUT2D eigenvalue weighted by molar-refractivity contribution is 0.587. The molecule has 0 atom stereocenters. The Labute approximate surface area is 113 Å². The lowest BCUT2D eigenvalue weighted by Crippen LogP contribution is -2.12. The maximum absolute atomic E-state index is 4.46. The van der Waals surface area contributed by atoms with Crippen molar-refractivity contribution in [3.05, 3.63) is 46.3 Å². The summed E-state index contributed by atoms with van der Waals surface area (Å²) in [5.74, 6) is 0.957. The minimum atomic E-state index is 0.169. The van der Waals surface area contributed by atoms with E-state index < -0.39 is 0 Å². The normalized spacial score (nSPS) is 11.5. The van der Waals surface area contributed by atoms with Gasteiger partial charge in [0.15, 0.2) is 0 Å². The van der Waals surface area contributed by atoms with Crippen LogP contribution in [0.5, 0.6) is 0 Å². The van der Waals surface area contributed by atoms with Crippen molar-refractivity contribution < 1.29 is 0 Å². The van der Waals surface area contributed by atoms with Crippen LogP contribution < -0.4 is 5.32 Å². The number of pyridine rings is 1. The molecule has 0 bridgehead atoms. The fourth-order valence-electron chi connectivity index (χ4n) is 1.71. The molecule has 0 aromatic carbocycles. The SMILES string of the molecule is CC(C)(C)c1ccc(NCCc2ccsc2)nc1. The number of rotatable bonds is 4. The van der Waals surface area contributed by atoms with Crippen LogP contribution in [-0.2, 0) is 11.8 Å². The van der Waals surface area contributed by atoms with Crippen LogP contribution in [0.3, 0.4) is 0 Å². The van der Waals surface area contributed by atoms with Gasteiger partial charge in [0.25, 0.3) is 0 Å². The topological polar surface area (TPSA) is 24.9 Å². The molecule has 96 valence electrons. The van der Waals surface area contributed by atoms with Crippen LogP contribution >= 0.6 is 11.3 Å². The van der Waals surface area contributed by atoms with Crippen molar-refractivity contribution in [1.29, 1.82) is 0 Å². The first-order valence-electron chi connectivity index (χ1n) is 6.27. The third-order valence-corrected chi connectivity index (χ3v) is 3.66. The van der Waals surface area contributed by atoms with Crippen LogP contribution in [0.1, 0.15) is 31.9 Å². The molecular formula is C15H20N2S. The average Bonchev–Trinajstić information content (AvgIpc) is 2.82. The standard InChI is InChI=1S/C15H20N2S/c1-15(2,3)13-4-5-14(17-10-13)16-8-6-12-7-9-18-11-12/h4-5,7,9-11H,6,8H2,1-3H3,(H,16,17). The summed E-state index contributed by atoms with van der Waals surface area (Å²) in [4.78, 5) is 4.46. The Bertz CT molecular complexity index is 466. The third kappa shape index (κ3) is 3.57. The monoisotopic (exact) mass is 260 g/mol. The molecule has 0 spiro atoms. The van der Waals surface area contributed by atoms with E-state index in [0.717, 1.165) is 18.8 Å². The van der Waals surface area contributed by atoms with Crippen LogP contribution in [0.2, 0.25) is 0 Å². The molecule has 0 unspecified atom stereocenters. The lowest BCUT2D eigenvalue weighted by atomic mass is 9.88. The number of nitrogens with one attached hydrogen (secondary N) is 1. The molecule has 2 heterocycles. The molecule has 1 N–H and O–H groups in total. The molecule has 2 aromatic rings. The maximum Gasteiger partial charge on any atom is 0.125 e. The van der Waals surface area contributed by atoms with E-state index >= 15 is 0 Å². The zero-order chi connectivity index (χ0) is 13.0. The quantitative estimate of drug-likeness (QED) is 0.895. The number of nitrogens with zero attached hydrogens (tertiary/aromatic N) is 1. The third-order valence-electron chi connectivity index (χ3n) is 2.93. The van der Waals surface area contributed by atoms with E-state index in [1.165, 1.54) is 11.1 Å². The van der Waals surface area contributed by atoms with E-state index in [2.05, 4.69) is 60.0 Å². The first-order valence-corrected chi connectivity index (χ1v) is 7.21. The van der Waals surface area contributed by atoms with Gasteiger partial charge in [0, 0.05) is 12.7 Å². The van der Waals surface area contributed by atoms with Gasteiger partial charge >= 0.3 is 0 Å². The van der Waals surface area contributed by atoms with Crippen LogP contribution in [0.25, 0.3) is 0 Å². The number of aromatic nitrogens is 1. The highest BCUT2D eigenvalue weighted by molar-refractivity contribution is 7.07. The smallest absolute Gasteiger partial charge is 0.125 e. The van der Waals surface area contributed by atoms with Crippen molar-refractivity contribution in [2.24, 2.45) is 0 Å². The molecule has 2 rings (SSSR count). The molecule has 0 amide bonds. The van der Waals surface area contributed by atoms with Gasteiger partial charge in [0.1, 0.15) is 5.82 Å². The predicted octanol–water partition coefficient (Wildman–Crippen LogP) is 4.10. The first kappa shape index (κ1) is 13.1. The van der Waals surface area contributed by atoms with E-state index in [1.807, 2.05) is 6.20 Å². The number of hydrogen-bond donors (Lipinski definition) is 1. The van der Waals surface area contributed by atoms with E-state index in [0.29, 0.717) is 0 Å². The zero-order valence-electron chi connectivity index (χ0n) is 11.2. The second-order valence-electron chi connectivity index (χ2n) is 5.49. The van der Waals surface area contributed by atoms with Crippen molar-refractivity contribution >= 4 is 17.2 Å². The summed E-state index contributed by atoms with van der Waals surface area (Å²) in [6, 6.07) is 6.39. The van der Waals surface area contributed by atoms with E-state index in [9.17, 15) is 0 Å². The summed E-state index contributed by atoms with van der Waals surface area (Å²) in [6.45, 7) is 7.54. The fraction of sp³-hybridized carbons (Fsp3) is 0.400. The predicted molar refractivity (Wildman–Crippen MR) is 79.4 cm³/mol. The summed E-state index contributed by atoms with van der Waals surface area (Å²) in [5, 5.41) is 7.66. The van der Waals surface area contributed by atoms with Crippen molar-refractivity contribution in [2.75, 3.05) is 11.9 Å². The van der Waals surface area contributed by atoms with Gasteiger partial charge in [0.2, 0.25) is 0 Å². The van der Waals surface area contributed by atoms with Crippen LogP contribution in [-0.4, -0.2) is 11.5 Å². The van der Waals surface area contributed by atoms with E-state index in [4.69, 9.17) is 0 Å². The highest BCUT2D eigenvalue weighted by atomic mass is 32.1. The largest absolute Gasteiger partial charge is 0.370 e. The summed E-state index contributed by atoms with van der Waals surface area (Å²) < 4.78 is 0. The molecule has 0 radical (unpaired) electrons. The van der Waals surface area contributed by atoms with Crippen molar-refractivity contribution in [1.82, 2.24) is 4.98 Å². The van der Waals surface area contributed by atoms with Gasteiger partial charge in [-0.25, -0.2) is 4.98 Å². The van der Waals surface area contributed by atoms with Gasteiger partial charge in [-0.15, -0.1) is 0 Å². The summed E-state index contributed by atoms with van der Waals surface area (Å²) >= 11 is 1.75. The van der Waals surface area contributed by atoms with Gasteiger partial charge in [-0.05, 0) is 45.9 Å². The number of hydrogen-bond acceptors (Lipinski definition) is 3. The molecule has 18 heavy (non-hydrogen) atoms. The molecular weight excluding hydrogens is 240 g/mol. The second kappa shape index (κ2) is 5.53. The first-order chi connectivity index (χ1) is 8.55.